The van der Waals surface area contributed by atoms with E-state index in [0.29, 0.717) is 5.41 Å². The second kappa shape index (κ2) is 5.08. The maximum Gasteiger partial charge on any atom is 0.0100 e. The van der Waals surface area contributed by atoms with Crippen molar-refractivity contribution in [2.24, 2.45) is 17.3 Å². The number of hydrogen-bond donors (Lipinski definition) is 1. The quantitative estimate of drug-likeness (QED) is 0.760. The van der Waals surface area contributed by atoms with Crippen molar-refractivity contribution in [3.05, 3.63) is 0 Å². The lowest BCUT2D eigenvalue weighted by molar-refractivity contribution is 0.0826. The summed E-state index contributed by atoms with van der Waals surface area (Å²) in [6, 6.07) is 0.778. The van der Waals surface area contributed by atoms with Crippen LogP contribution in [0.25, 0.3) is 0 Å². The van der Waals surface area contributed by atoms with Gasteiger partial charge in [-0.2, -0.15) is 0 Å². The monoisotopic (exact) mass is 223 g/mol. The van der Waals surface area contributed by atoms with Gasteiger partial charge in [0.05, 0.1) is 0 Å². The van der Waals surface area contributed by atoms with Crippen LogP contribution in [0.5, 0.6) is 0 Å². The van der Waals surface area contributed by atoms with Crippen molar-refractivity contribution in [3.8, 4) is 0 Å². The highest BCUT2D eigenvalue weighted by Crippen LogP contribution is 2.44. The molecule has 2 atom stereocenters. The van der Waals surface area contributed by atoms with Gasteiger partial charge in [0.15, 0.2) is 0 Å². The second-order valence-corrected chi connectivity index (χ2v) is 6.77. The largest absolute Gasteiger partial charge is 0.317 e. The zero-order chi connectivity index (χ0) is 11.6. The Labute approximate surface area is 101 Å². The van der Waals surface area contributed by atoms with Crippen molar-refractivity contribution in [3.63, 3.8) is 0 Å². The lowest BCUT2D eigenvalue weighted by Gasteiger charge is -2.45. The summed E-state index contributed by atoms with van der Waals surface area (Å²) < 4.78 is 0. The van der Waals surface area contributed by atoms with Gasteiger partial charge in [-0.15, -0.1) is 0 Å². The van der Waals surface area contributed by atoms with Gasteiger partial charge in [-0.25, -0.2) is 0 Å². The number of hydrogen-bond acceptors (Lipinski definition) is 1. The number of nitrogens with one attached hydrogen (secondary N) is 1. The molecule has 94 valence electrons. The molecule has 2 rings (SSSR count). The average Bonchev–Trinajstić information content (AvgIpc) is 2.18. The first-order chi connectivity index (χ1) is 7.63. The van der Waals surface area contributed by atoms with Crippen LogP contribution in [-0.4, -0.2) is 13.1 Å². The molecular formula is C15H29N. The Morgan fingerprint density at radius 3 is 2.38 bits per heavy atom. The molecule has 2 fully saturated rings. The third-order valence-electron chi connectivity index (χ3n) is 5.26. The van der Waals surface area contributed by atoms with E-state index in [1.165, 1.54) is 51.4 Å². The molecule has 0 saturated heterocycles. The van der Waals surface area contributed by atoms with Gasteiger partial charge in [0.2, 0.25) is 0 Å². The van der Waals surface area contributed by atoms with Gasteiger partial charge in [-0.05, 0) is 43.6 Å². The molecule has 2 saturated carbocycles. The molecule has 1 N–H and O–H groups in total. The van der Waals surface area contributed by atoms with E-state index in [2.05, 4.69) is 26.2 Å². The van der Waals surface area contributed by atoms with E-state index in [9.17, 15) is 0 Å². The molecule has 1 nitrogen and oxygen atoms in total. The summed E-state index contributed by atoms with van der Waals surface area (Å²) in [6.45, 7) is 4.98. The van der Waals surface area contributed by atoms with Gasteiger partial charge in [0.25, 0.3) is 0 Å². The van der Waals surface area contributed by atoms with Crippen molar-refractivity contribution >= 4 is 0 Å². The van der Waals surface area contributed by atoms with Crippen LogP contribution >= 0.6 is 0 Å². The summed E-state index contributed by atoms with van der Waals surface area (Å²) in [5.41, 5.74) is 0.565. The Kier molecular flexibility index (Phi) is 3.94. The van der Waals surface area contributed by atoms with E-state index in [-0.39, 0.29) is 0 Å². The first-order valence-electron chi connectivity index (χ1n) is 7.31. The van der Waals surface area contributed by atoms with Gasteiger partial charge >= 0.3 is 0 Å². The van der Waals surface area contributed by atoms with Crippen LogP contribution in [0, 0.1) is 17.3 Å². The van der Waals surface area contributed by atoms with Crippen molar-refractivity contribution in [2.45, 2.75) is 71.3 Å². The van der Waals surface area contributed by atoms with Gasteiger partial charge in [0, 0.05) is 6.04 Å². The Bertz CT molecular complexity index is 217. The Hall–Kier alpha value is -0.0400. The maximum absolute atomic E-state index is 3.63. The van der Waals surface area contributed by atoms with E-state index in [1.807, 2.05) is 0 Å². The number of rotatable bonds is 4. The molecule has 0 heterocycles. The molecule has 0 spiro atoms. The molecule has 0 aromatic carbocycles. The summed E-state index contributed by atoms with van der Waals surface area (Å²) in [7, 11) is 2.17. The van der Waals surface area contributed by atoms with Gasteiger partial charge in [0.1, 0.15) is 0 Å². The van der Waals surface area contributed by atoms with E-state index < -0.39 is 0 Å². The fourth-order valence-corrected chi connectivity index (χ4v) is 3.84. The molecule has 0 radical (unpaired) electrons. The van der Waals surface area contributed by atoms with E-state index in [4.69, 9.17) is 0 Å². The predicted octanol–water partition coefficient (Wildman–Crippen LogP) is 3.98. The normalized spacial score (nSPS) is 32.1. The van der Waals surface area contributed by atoms with Crippen LogP contribution in [0.2, 0.25) is 0 Å². The maximum atomic E-state index is 3.63. The van der Waals surface area contributed by atoms with Crippen LogP contribution in [0.1, 0.15) is 65.2 Å². The van der Waals surface area contributed by atoms with Gasteiger partial charge < -0.3 is 5.32 Å². The summed E-state index contributed by atoms with van der Waals surface area (Å²) >= 11 is 0. The molecule has 0 amide bonds. The van der Waals surface area contributed by atoms with Crippen LogP contribution in [-0.2, 0) is 0 Å². The van der Waals surface area contributed by atoms with E-state index in [0.717, 1.165) is 17.9 Å². The molecule has 0 aromatic rings. The van der Waals surface area contributed by atoms with Crippen molar-refractivity contribution in [1.82, 2.24) is 5.32 Å². The first-order valence-corrected chi connectivity index (χ1v) is 7.31. The zero-order valence-corrected chi connectivity index (χ0v) is 11.4. The van der Waals surface area contributed by atoms with E-state index in [1.54, 1.807) is 0 Å². The zero-order valence-electron chi connectivity index (χ0n) is 11.4. The molecule has 2 unspecified atom stereocenters. The van der Waals surface area contributed by atoms with Crippen molar-refractivity contribution < 1.29 is 0 Å². The molecule has 2 aliphatic carbocycles. The van der Waals surface area contributed by atoms with Crippen LogP contribution in [0.15, 0.2) is 0 Å². The standard InChI is InChI=1S/C15H29N/c1-15(2)10-5-4-9-13(15)14(16-3)11-12-7-6-8-12/h12-14,16H,4-11H2,1-3H3. The van der Waals surface area contributed by atoms with Crippen LogP contribution in [0.4, 0.5) is 0 Å². The fraction of sp³-hybridized carbons (Fsp3) is 1.00. The van der Waals surface area contributed by atoms with Crippen LogP contribution < -0.4 is 5.32 Å². The van der Waals surface area contributed by atoms with Crippen LogP contribution in [0.3, 0.4) is 0 Å². The second-order valence-electron chi connectivity index (χ2n) is 6.77. The molecular weight excluding hydrogens is 194 g/mol. The average molecular weight is 223 g/mol. The third kappa shape index (κ3) is 2.61. The Morgan fingerprint density at radius 2 is 1.88 bits per heavy atom. The Balaban J connectivity index is 1.94. The molecule has 16 heavy (non-hydrogen) atoms. The predicted molar refractivity (Wildman–Crippen MR) is 70.5 cm³/mol. The minimum absolute atomic E-state index is 0.565. The molecule has 1 heteroatoms. The molecule has 0 aromatic heterocycles. The minimum Gasteiger partial charge on any atom is -0.317 e. The smallest absolute Gasteiger partial charge is 0.0100 e. The lowest BCUT2D eigenvalue weighted by atomic mass is 9.64. The summed E-state index contributed by atoms with van der Waals surface area (Å²) in [5.74, 6) is 1.95. The fourth-order valence-electron chi connectivity index (χ4n) is 3.84. The van der Waals surface area contributed by atoms with Crippen molar-refractivity contribution in [1.29, 1.82) is 0 Å². The SMILES string of the molecule is CNC(CC1CCC1)C1CCCCC1(C)C. The highest BCUT2D eigenvalue weighted by molar-refractivity contribution is 4.91. The highest BCUT2D eigenvalue weighted by atomic mass is 14.9. The molecule has 0 aliphatic heterocycles. The Morgan fingerprint density at radius 1 is 1.12 bits per heavy atom. The minimum atomic E-state index is 0.565. The summed E-state index contributed by atoms with van der Waals surface area (Å²) in [5, 5.41) is 3.63. The van der Waals surface area contributed by atoms with Gasteiger partial charge in [-0.3, -0.25) is 0 Å². The third-order valence-corrected chi connectivity index (χ3v) is 5.26. The van der Waals surface area contributed by atoms with Crippen molar-refractivity contribution in [2.75, 3.05) is 7.05 Å². The summed E-state index contributed by atoms with van der Waals surface area (Å²) in [4.78, 5) is 0. The molecule has 2 aliphatic rings. The highest BCUT2D eigenvalue weighted by Gasteiger charge is 2.38. The van der Waals surface area contributed by atoms with Gasteiger partial charge in [-0.1, -0.05) is 46.0 Å². The topological polar surface area (TPSA) is 12.0 Å². The lowest BCUT2D eigenvalue weighted by Crippen LogP contribution is -2.45. The molecule has 0 bridgehead atoms. The first kappa shape index (κ1) is 12.4. The summed E-state index contributed by atoms with van der Waals surface area (Å²) in [6.07, 6.45) is 11.7. The van der Waals surface area contributed by atoms with E-state index >= 15 is 0 Å².